The highest BCUT2D eigenvalue weighted by Crippen LogP contribution is 2.39. The van der Waals surface area contributed by atoms with Crippen LogP contribution in [-0.4, -0.2) is 29.1 Å². The fraction of sp³-hybridized carbons (Fsp3) is 0.167. The van der Waals surface area contributed by atoms with Crippen LogP contribution in [0.5, 0.6) is 11.5 Å². The molecule has 1 aliphatic rings. The van der Waals surface area contributed by atoms with Crippen LogP contribution >= 0.6 is 23.2 Å². The van der Waals surface area contributed by atoms with E-state index in [0.717, 1.165) is 12.1 Å². The van der Waals surface area contributed by atoms with Crippen LogP contribution in [0.2, 0.25) is 5.02 Å². The van der Waals surface area contributed by atoms with E-state index >= 15 is 0 Å². The Morgan fingerprint density at radius 3 is 2.21 bits per heavy atom. The maximum atomic E-state index is 13.3. The third-order valence-corrected chi connectivity index (χ3v) is 5.71. The SMILES string of the molecule is O=C(CCl)N1CC(=O)N(c2ccc(Oc3ccc(Cl)cc3)cc2)C1c1cccc(C(F)(F)F)c1. The number of halogens is 5. The van der Waals surface area contributed by atoms with Crippen LogP contribution in [0.4, 0.5) is 18.9 Å². The zero-order valence-corrected chi connectivity index (χ0v) is 18.9. The van der Waals surface area contributed by atoms with Gasteiger partial charge >= 0.3 is 6.18 Å². The van der Waals surface area contributed by atoms with Crippen molar-refractivity contribution in [1.82, 2.24) is 4.90 Å². The average molecular weight is 509 g/mol. The molecule has 34 heavy (non-hydrogen) atoms. The molecule has 1 aliphatic heterocycles. The zero-order valence-electron chi connectivity index (χ0n) is 17.4. The van der Waals surface area contributed by atoms with Gasteiger partial charge in [-0.2, -0.15) is 13.2 Å². The van der Waals surface area contributed by atoms with Crippen molar-refractivity contribution in [1.29, 1.82) is 0 Å². The second-order valence-corrected chi connectivity index (χ2v) is 8.17. The van der Waals surface area contributed by atoms with Gasteiger partial charge in [0.05, 0.1) is 5.56 Å². The highest BCUT2D eigenvalue weighted by atomic mass is 35.5. The summed E-state index contributed by atoms with van der Waals surface area (Å²) < 4.78 is 45.7. The molecular weight excluding hydrogens is 492 g/mol. The second kappa shape index (κ2) is 9.56. The number of amides is 2. The molecule has 0 aromatic heterocycles. The number of benzene rings is 3. The lowest BCUT2D eigenvalue weighted by molar-refractivity contribution is -0.137. The maximum Gasteiger partial charge on any atom is 0.416 e. The van der Waals surface area contributed by atoms with Gasteiger partial charge in [0.15, 0.2) is 0 Å². The van der Waals surface area contributed by atoms with Crippen molar-refractivity contribution in [3.8, 4) is 11.5 Å². The fourth-order valence-corrected chi connectivity index (χ4v) is 3.97. The molecule has 1 unspecified atom stereocenters. The van der Waals surface area contributed by atoms with E-state index in [1.165, 1.54) is 21.9 Å². The van der Waals surface area contributed by atoms with Crippen molar-refractivity contribution in [2.75, 3.05) is 17.3 Å². The number of nitrogens with zero attached hydrogens (tertiary/aromatic N) is 2. The fourth-order valence-electron chi connectivity index (χ4n) is 3.69. The molecule has 0 N–H and O–H groups in total. The van der Waals surface area contributed by atoms with Crippen LogP contribution in [-0.2, 0) is 15.8 Å². The van der Waals surface area contributed by atoms with E-state index in [-0.39, 0.29) is 12.1 Å². The minimum atomic E-state index is -4.58. The normalized spacial score (nSPS) is 16.1. The Balaban J connectivity index is 1.68. The van der Waals surface area contributed by atoms with Gasteiger partial charge in [0.25, 0.3) is 0 Å². The van der Waals surface area contributed by atoms with Crippen molar-refractivity contribution >= 4 is 40.7 Å². The third kappa shape index (κ3) is 4.98. The summed E-state index contributed by atoms with van der Waals surface area (Å²) in [5.74, 6) is -0.406. The molecule has 2 amide bonds. The first-order valence-electron chi connectivity index (χ1n) is 10.1. The van der Waals surface area contributed by atoms with Crippen molar-refractivity contribution in [2.45, 2.75) is 12.3 Å². The van der Waals surface area contributed by atoms with E-state index in [2.05, 4.69) is 0 Å². The Labute approximate surface area is 203 Å². The maximum absolute atomic E-state index is 13.3. The lowest BCUT2D eigenvalue weighted by Gasteiger charge is -2.30. The first kappa shape index (κ1) is 23.9. The number of alkyl halides is 4. The zero-order chi connectivity index (χ0) is 24.5. The number of anilines is 1. The van der Waals surface area contributed by atoms with Crippen molar-refractivity contribution in [2.24, 2.45) is 0 Å². The molecule has 0 aliphatic carbocycles. The van der Waals surface area contributed by atoms with Crippen LogP contribution < -0.4 is 9.64 Å². The number of carbonyl (C=O) groups excluding carboxylic acids is 2. The van der Waals surface area contributed by atoms with Gasteiger partial charge in [0, 0.05) is 10.7 Å². The minimum absolute atomic E-state index is 0.139. The van der Waals surface area contributed by atoms with Crippen molar-refractivity contribution in [3.05, 3.63) is 88.9 Å². The van der Waals surface area contributed by atoms with Gasteiger partial charge in [-0.25, -0.2) is 0 Å². The summed E-state index contributed by atoms with van der Waals surface area (Å²) >= 11 is 11.6. The molecule has 1 atom stereocenters. The summed E-state index contributed by atoms with van der Waals surface area (Å²) in [6.07, 6.45) is -5.66. The monoisotopic (exact) mass is 508 g/mol. The lowest BCUT2D eigenvalue weighted by Crippen LogP contribution is -2.36. The standard InChI is InChI=1S/C24H17Cl2F3N2O3/c25-13-21(32)30-14-22(33)31(23(30)15-2-1-3-16(12-15)24(27,28)29)18-6-10-20(11-7-18)34-19-8-4-17(26)5-9-19/h1-12,23H,13-14H2. The van der Waals surface area contributed by atoms with Gasteiger partial charge < -0.3 is 9.64 Å². The van der Waals surface area contributed by atoms with Gasteiger partial charge in [-0.1, -0.05) is 23.7 Å². The smallest absolute Gasteiger partial charge is 0.416 e. The summed E-state index contributed by atoms with van der Waals surface area (Å²) in [4.78, 5) is 27.8. The highest BCUT2D eigenvalue weighted by molar-refractivity contribution is 6.30. The molecule has 1 fully saturated rings. The van der Waals surface area contributed by atoms with Gasteiger partial charge in [-0.15, -0.1) is 11.6 Å². The summed E-state index contributed by atoms with van der Waals surface area (Å²) in [5, 5.41) is 0.562. The largest absolute Gasteiger partial charge is 0.457 e. The molecule has 3 aromatic rings. The van der Waals surface area contributed by atoms with E-state index in [1.807, 2.05) is 0 Å². The first-order chi connectivity index (χ1) is 16.2. The van der Waals surface area contributed by atoms with Crippen LogP contribution in [0.25, 0.3) is 0 Å². The Morgan fingerprint density at radius 2 is 1.62 bits per heavy atom. The van der Waals surface area contributed by atoms with Crippen molar-refractivity contribution < 1.29 is 27.5 Å². The first-order valence-corrected chi connectivity index (χ1v) is 11.0. The molecule has 0 radical (unpaired) electrons. The third-order valence-electron chi connectivity index (χ3n) is 5.23. The predicted molar refractivity (Wildman–Crippen MR) is 122 cm³/mol. The highest BCUT2D eigenvalue weighted by Gasteiger charge is 2.43. The number of rotatable bonds is 5. The molecule has 0 saturated carbocycles. The molecule has 0 spiro atoms. The molecule has 5 nitrogen and oxygen atoms in total. The number of ether oxygens (including phenoxy) is 1. The van der Waals surface area contributed by atoms with Crippen LogP contribution in [0.15, 0.2) is 72.8 Å². The van der Waals surface area contributed by atoms with Gasteiger partial charge in [0.1, 0.15) is 30.1 Å². The predicted octanol–water partition coefficient (Wildman–Crippen LogP) is 6.26. The van der Waals surface area contributed by atoms with Crippen LogP contribution in [0.1, 0.15) is 17.3 Å². The Morgan fingerprint density at radius 1 is 1.00 bits per heavy atom. The van der Waals surface area contributed by atoms with Crippen molar-refractivity contribution in [3.63, 3.8) is 0 Å². The molecule has 176 valence electrons. The molecule has 10 heteroatoms. The summed E-state index contributed by atoms with van der Waals surface area (Å²) in [6.45, 7) is -0.310. The molecule has 1 heterocycles. The molecule has 0 bridgehead atoms. The van der Waals surface area contributed by atoms with E-state index in [1.54, 1.807) is 48.5 Å². The Kier molecular flexibility index (Phi) is 6.72. The summed E-state index contributed by atoms with van der Waals surface area (Å²) in [6, 6.07) is 17.7. The molecule has 4 rings (SSSR count). The topological polar surface area (TPSA) is 49.9 Å². The minimum Gasteiger partial charge on any atom is -0.457 e. The van der Waals surface area contributed by atoms with Crippen LogP contribution in [0, 0.1) is 0 Å². The Bertz CT molecular complexity index is 1200. The van der Waals surface area contributed by atoms with E-state index in [0.29, 0.717) is 22.2 Å². The molecular formula is C24H17Cl2F3N2O3. The van der Waals surface area contributed by atoms with Gasteiger partial charge in [0.2, 0.25) is 11.8 Å². The lowest BCUT2D eigenvalue weighted by atomic mass is 10.1. The quantitative estimate of drug-likeness (QED) is 0.382. The van der Waals surface area contributed by atoms with E-state index < -0.39 is 35.6 Å². The van der Waals surface area contributed by atoms with E-state index in [4.69, 9.17) is 27.9 Å². The van der Waals surface area contributed by atoms with Crippen LogP contribution in [0.3, 0.4) is 0 Å². The second-order valence-electron chi connectivity index (χ2n) is 7.47. The molecule has 1 saturated heterocycles. The average Bonchev–Trinajstić information content (AvgIpc) is 3.17. The number of hydrogen-bond donors (Lipinski definition) is 0. The summed E-state index contributed by atoms with van der Waals surface area (Å²) in [5.41, 5.74) is -0.351. The summed E-state index contributed by atoms with van der Waals surface area (Å²) in [7, 11) is 0. The van der Waals surface area contributed by atoms with E-state index in [9.17, 15) is 22.8 Å². The number of hydrogen-bond acceptors (Lipinski definition) is 3. The Hall–Kier alpha value is -3.23. The van der Waals surface area contributed by atoms with Gasteiger partial charge in [-0.05, 0) is 66.2 Å². The van der Waals surface area contributed by atoms with Gasteiger partial charge in [-0.3, -0.25) is 14.5 Å². The molecule has 3 aromatic carbocycles. The number of carbonyl (C=O) groups is 2.